The third-order valence-electron chi connectivity index (χ3n) is 4.54. The van der Waals surface area contributed by atoms with Gasteiger partial charge in [0.15, 0.2) is 0 Å². The lowest BCUT2D eigenvalue weighted by Crippen LogP contribution is -2.57. The number of rotatable bonds is 5. The van der Waals surface area contributed by atoms with Crippen molar-refractivity contribution in [2.45, 2.75) is 32.9 Å². The first-order valence-electron chi connectivity index (χ1n) is 8.77. The maximum absolute atomic E-state index is 13.2. The van der Waals surface area contributed by atoms with E-state index < -0.39 is 24.3 Å². The van der Waals surface area contributed by atoms with Crippen LogP contribution in [0.15, 0.2) is 30.5 Å². The van der Waals surface area contributed by atoms with Crippen LogP contribution in [0.25, 0.3) is 10.9 Å². The summed E-state index contributed by atoms with van der Waals surface area (Å²) in [4.78, 5) is 37.8. The molecular weight excluding hydrogens is 334 g/mol. The van der Waals surface area contributed by atoms with E-state index in [1.54, 1.807) is 0 Å². The first kappa shape index (κ1) is 18.0. The Bertz CT molecular complexity index is 856. The smallest absolute Gasteiger partial charge is 0.305 e. The summed E-state index contributed by atoms with van der Waals surface area (Å²) >= 11 is 0. The molecule has 3 rings (SSSR count). The third-order valence-corrected chi connectivity index (χ3v) is 4.54. The quantitative estimate of drug-likeness (QED) is 0.852. The topological polar surface area (TPSA) is 91.6 Å². The van der Waals surface area contributed by atoms with Crippen molar-refractivity contribution < 1.29 is 19.5 Å². The Labute approximate surface area is 151 Å². The van der Waals surface area contributed by atoms with Crippen molar-refractivity contribution in [2.24, 2.45) is 5.92 Å². The predicted molar refractivity (Wildman–Crippen MR) is 96.9 cm³/mol. The molecule has 1 fully saturated rings. The van der Waals surface area contributed by atoms with Crippen LogP contribution in [0.1, 0.15) is 30.6 Å². The lowest BCUT2D eigenvalue weighted by Gasteiger charge is -2.34. The molecule has 1 aromatic heterocycles. The van der Waals surface area contributed by atoms with Gasteiger partial charge in [-0.3, -0.25) is 14.4 Å². The summed E-state index contributed by atoms with van der Waals surface area (Å²) in [5, 5.41) is 12.6. The van der Waals surface area contributed by atoms with Gasteiger partial charge in [0.25, 0.3) is 5.91 Å². The number of carboxylic acids is 1. The largest absolute Gasteiger partial charge is 0.481 e. The van der Waals surface area contributed by atoms with Gasteiger partial charge in [0, 0.05) is 36.7 Å². The van der Waals surface area contributed by atoms with E-state index in [0.717, 1.165) is 17.4 Å². The number of carbonyl (C=O) groups is 3. The van der Waals surface area contributed by atoms with Crippen molar-refractivity contribution in [3.8, 4) is 0 Å². The SMILES string of the molecule is CC(C)Cn1cc(C(=O)N2CCNC(=O)[C@@H]2CC(=O)O)c2ccccc21. The molecule has 1 saturated heterocycles. The van der Waals surface area contributed by atoms with Crippen LogP contribution >= 0.6 is 0 Å². The Hall–Kier alpha value is -2.83. The number of fused-ring (bicyclic) bond motifs is 1. The van der Waals surface area contributed by atoms with Crippen LogP contribution in [0.5, 0.6) is 0 Å². The predicted octanol–water partition coefficient (Wildman–Crippen LogP) is 1.71. The molecule has 0 aliphatic carbocycles. The first-order chi connectivity index (χ1) is 12.4. The fraction of sp³-hybridized carbons (Fsp3) is 0.421. The molecule has 2 heterocycles. The summed E-state index contributed by atoms with van der Waals surface area (Å²) in [6.45, 7) is 5.60. The number of carbonyl (C=O) groups excluding carboxylic acids is 2. The van der Waals surface area contributed by atoms with Gasteiger partial charge in [-0.2, -0.15) is 0 Å². The minimum absolute atomic E-state index is 0.298. The Kier molecular flexibility index (Phi) is 4.97. The molecule has 2 aromatic rings. The number of para-hydroxylation sites is 1. The molecule has 2 N–H and O–H groups in total. The molecule has 0 saturated carbocycles. The van der Waals surface area contributed by atoms with Gasteiger partial charge >= 0.3 is 5.97 Å². The lowest BCUT2D eigenvalue weighted by molar-refractivity contribution is -0.142. The Morgan fingerprint density at radius 3 is 2.73 bits per heavy atom. The van der Waals surface area contributed by atoms with E-state index in [4.69, 9.17) is 5.11 Å². The molecular formula is C19H23N3O4. The number of aliphatic carboxylic acids is 1. The van der Waals surface area contributed by atoms with Crippen LogP contribution in [-0.2, 0) is 16.1 Å². The van der Waals surface area contributed by atoms with Crippen molar-refractivity contribution in [3.63, 3.8) is 0 Å². The summed E-state index contributed by atoms with van der Waals surface area (Å²) < 4.78 is 2.05. The summed E-state index contributed by atoms with van der Waals surface area (Å²) in [5.41, 5.74) is 1.46. The summed E-state index contributed by atoms with van der Waals surface area (Å²) in [5.74, 6) is -1.41. The minimum Gasteiger partial charge on any atom is -0.481 e. The first-order valence-corrected chi connectivity index (χ1v) is 8.77. The zero-order valence-electron chi connectivity index (χ0n) is 14.9. The van der Waals surface area contributed by atoms with Crippen molar-refractivity contribution in [1.29, 1.82) is 0 Å². The molecule has 0 radical (unpaired) electrons. The number of nitrogens with one attached hydrogen (secondary N) is 1. The van der Waals surface area contributed by atoms with E-state index in [0.29, 0.717) is 24.6 Å². The van der Waals surface area contributed by atoms with Crippen molar-refractivity contribution in [3.05, 3.63) is 36.0 Å². The molecule has 1 aliphatic rings. The summed E-state index contributed by atoms with van der Waals surface area (Å²) in [6, 6.07) is 6.66. The van der Waals surface area contributed by atoms with E-state index >= 15 is 0 Å². The molecule has 0 unspecified atom stereocenters. The fourth-order valence-electron chi connectivity index (χ4n) is 3.44. The third kappa shape index (κ3) is 3.42. The van der Waals surface area contributed by atoms with E-state index in [1.807, 2.05) is 35.0 Å². The van der Waals surface area contributed by atoms with Gasteiger partial charge in [-0.25, -0.2) is 0 Å². The van der Waals surface area contributed by atoms with Crippen LogP contribution in [0.4, 0.5) is 0 Å². The highest BCUT2D eigenvalue weighted by Gasteiger charge is 2.36. The highest BCUT2D eigenvalue weighted by molar-refractivity contribution is 6.08. The van der Waals surface area contributed by atoms with Gasteiger partial charge in [-0.1, -0.05) is 32.0 Å². The number of benzene rings is 1. The Morgan fingerprint density at radius 2 is 2.04 bits per heavy atom. The highest BCUT2D eigenvalue weighted by Crippen LogP contribution is 2.25. The van der Waals surface area contributed by atoms with Gasteiger partial charge in [-0.05, 0) is 12.0 Å². The Balaban J connectivity index is 2.00. The van der Waals surface area contributed by atoms with Gasteiger partial charge in [-0.15, -0.1) is 0 Å². The van der Waals surface area contributed by atoms with E-state index in [1.165, 1.54) is 4.90 Å². The zero-order chi connectivity index (χ0) is 18.8. The van der Waals surface area contributed by atoms with Crippen molar-refractivity contribution >= 4 is 28.7 Å². The number of carboxylic acid groups (broad SMARTS) is 1. The normalized spacial score (nSPS) is 17.6. The summed E-state index contributed by atoms with van der Waals surface area (Å²) in [7, 11) is 0. The maximum Gasteiger partial charge on any atom is 0.305 e. The highest BCUT2D eigenvalue weighted by atomic mass is 16.4. The average Bonchev–Trinajstić information content (AvgIpc) is 2.94. The monoisotopic (exact) mass is 357 g/mol. The second-order valence-corrected chi connectivity index (χ2v) is 7.01. The van der Waals surface area contributed by atoms with Crippen LogP contribution in [0, 0.1) is 5.92 Å². The van der Waals surface area contributed by atoms with Crippen LogP contribution in [-0.4, -0.2) is 51.5 Å². The van der Waals surface area contributed by atoms with Gasteiger partial charge < -0.3 is 19.9 Å². The number of hydrogen-bond acceptors (Lipinski definition) is 3. The fourth-order valence-corrected chi connectivity index (χ4v) is 3.44. The van der Waals surface area contributed by atoms with E-state index in [2.05, 4.69) is 19.2 Å². The number of hydrogen-bond donors (Lipinski definition) is 2. The van der Waals surface area contributed by atoms with Gasteiger partial charge in [0.1, 0.15) is 6.04 Å². The molecule has 138 valence electrons. The standard InChI is InChI=1S/C19H23N3O4/c1-12(2)10-21-11-14(13-5-3-4-6-15(13)21)19(26)22-8-7-20-18(25)16(22)9-17(23)24/h3-6,11-12,16H,7-10H2,1-2H3,(H,20,25)(H,23,24)/t16-/m0/s1. The van der Waals surface area contributed by atoms with Crippen LogP contribution in [0.2, 0.25) is 0 Å². The maximum atomic E-state index is 13.2. The Morgan fingerprint density at radius 1 is 1.31 bits per heavy atom. The summed E-state index contributed by atoms with van der Waals surface area (Å²) in [6.07, 6.45) is 1.42. The molecule has 0 spiro atoms. The van der Waals surface area contributed by atoms with Crippen LogP contribution in [0.3, 0.4) is 0 Å². The molecule has 7 heteroatoms. The molecule has 1 atom stereocenters. The van der Waals surface area contributed by atoms with Crippen molar-refractivity contribution in [1.82, 2.24) is 14.8 Å². The second kappa shape index (κ2) is 7.19. The van der Waals surface area contributed by atoms with E-state index in [-0.39, 0.29) is 5.91 Å². The number of aromatic nitrogens is 1. The number of piperazine rings is 1. The van der Waals surface area contributed by atoms with Gasteiger partial charge in [0.2, 0.25) is 5.91 Å². The van der Waals surface area contributed by atoms with Crippen LogP contribution < -0.4 is 5.32 Å². The lowest BCUT2D eigenvalue weighted by atomic mass is 10.1. The second-order valence-electron chi connectivity index (χ2n) is 7.01. The molecule has 7 nitrogen and oxygen atoms in total. The number of nitrogens with zero attached hydrogens (tertiary/aromatic N) is 2. The molecule has 1 aromatic carbocycles. The minimum atomic E-state index is -1.10. The number of amides is 2. The molecule has 1 aliphatic heterocycles. The van der Waals surface area contributed by atoms with E-state index in [9.17, 15) is 14.4 Å². The molecule has 0 bridgehead atoms. The van der Waals surface area contributed by atoms with Gasteiger partial charge in [0.05, 0.1) is 12.0 Å². The zero-order valence-corrected chi connectivity index (χ0v) is 14.9. The molecule has 2 amide bonds. The molecule has 26 heavy (non-hydrogen) atoms. The van der Waals surface area contributed by atoms with Crippen molar-refractivity contribution in [2.75, 3.05) is 13.1 Å². The average molecular weight is 357 g/mol.